The summed E-state index contributed by atoms with van der Waals surface area (Å²) in [6.45, 7) is 6.80. The molecule has 0 heterocycles. The average Bonchev–Trinajstić information content (AvgIpc) is 2.36. The summed E-state index contributed by atoms with van der Waals surface area (Å²) in [7, 11) is 0. The van der Waals surface area contributed by atoms with Crippen LogP contribution in [-0.4, -0.2) is 37.1 Å². The summed E-state index contributed by atoms with van der Waals surface area (Å²) in [5.41, 5.74) is 2.91. The van der Waals surface area contributed by atoms with Crippen LogP contribution in [0.15, 0.2) is 24.3 Å². The SMILES string of the molecule is CCCN(CC(=O)OCC)CC1Cc2ccccc21. The Morgan fingerprint density at radius 2 is 2.16 bits per heavy atom. The Hall–Kier alpha value is -1.35. The van der Waals surface area contributed by atoms with Gasteiger partial charge in [0.05, 0.1) is 13.2 Å². The van der Waals surface area contributed by atoms with E-state index in [1.165, 1.54) is 11.1 Å². The number of carbonyl (C=O) groups excluding carboxylic acids is 1. The molecule has 19 heavy (non-hydrogen) atoms. The molecule has 1 atom stereocenters. The van der Waals surface area contributed by atoms with E-state index in [0.717, 1.165) is 25.9 Å². The molecule has 0 amide bonds. The topological polar surface area (TPSA) is 29.5 Å². The van der Waals surface area contributed by atoms with Gasteiger partial charge in [0.2, 0.25) is 0 Å². The van der Waals surface area contributed by atoms with E-state index >= 15 is 0 Å². The minimum atomic E-state index is -0.108. The number of rotatable bonds is 7. The van der Waals surface area contributed by atoms with Crippen LogP contribution in [0.5, 0.6) is 0 Å². The number of esters is 1. The molecular weight excluding hydrogens is 238 g/mol. The van der Waals surface area contributed by atoms with Crippen molar-refractivity contribution in [2.45, 2.75) is 32.6 Å². The van der Waals surface area contributed by atoms with E-state index in [1.54, 1.807) is 0 Å². The largest absolute Gasteiger partial charge is 0.465 e. The van der Waals surface area contributed by atoms with Gasteiger partial charge in [-0.3, -0.25) is 9.69 Å². The Balaban J connectivity index is 1.89. The maximum Gasteiger partial charge on any atom is 0.320 e. The van der Waals surface area contributed by atoms with Gasteiger partial charge in [0, 0.05) is 12.5 Å². The summed E-state index contributed by atoms with van der Waals surface area (Å²) in [4.78, 5) is 13.8. The Morgan fingerprint density at radius 1 is 1.37 bits per heavy atom. The van der Waals surface area contributed by atoms with Gasteiger partial charge in [-0.2, -0.15) is 0 Å². The fourth-order valence-corrected chi connectivity index (χ4v) is 2.78. The quantitative estimate of drug-likeness (QED) is 0.707. The summed E-state index contributed by atoms with van der Waals surface area (Å²) < 4.78 is 5.04. The number of hydrogen-bond acceptors (Lipinski definition) is 3. The molecule has 104 valence electrons. The molecule has 1 aromatic rings. The third kappa shape index (κ3) is 3.57. The van der Waals surface area contributed by atoms with Gasteiger partial charge in [-0.15, -0.1) is 0 Å². The molecule has 1 aromatic carbocycles. The minimum absolute atomic E-state index is 0.108. The van der Waals surface area contributed by atoms with Crippen molar-refractivity contribution in [1.82, 2.24) is 4.90 Å². The first-order valence-electron chi connectivity index (χ1n) is 7.20. The number of carbonyl (C=O) groups is 1. The lowest BCUT2D eigenvalue weighted by atomic mass is 9.77. The van der Waals surface area contributed by atoms with Crippen LogP contribution in [0.4, 0.5) is 0 Å². The Morgan fingerprint density at radius 3 is 2.84 bits per heavy atom. The summed E-state index contributed by atoms with van der Waals surface area (Å²) >= 11 is 0. The highest BCUT2D eigenvalue weighted by molar-refractivity contribution is 5.71. The predicted molar refractivity (Wildman–Crippen MR) is 76.3 cm³/mol. The molecule has 0 aromatic heterocycles. The highest BCUT2D eigenvalue weighted by Gasteiger charge is 2.27. The molecule has 0 bridgehead atoms. The van der Waals surface area contributed by atoms with Crippen molar-refractivity contribution in [3.05, 3.63) is 35.4 Å². The van der Waals surface area contributed by atoms with E-state index in [0.29, 0.717) is 19.1 Å². The second-order valence-corrected chi connectivity index (χ2v) is 5.14. The average molecular weight is 261 g/mol. The molecule has 0 fully saturated rings. The van der Waals surface area contributed by atoms with E-state index in [4.69, 9.17) is 4.74 Å². The Labute approximate surface area is 115 Å². The van der Waals surface area contributed by atoms with Crippen LogP contribution in [-0.2, 0) is 16.0 Å². The van der Waals surface area contributed by atoms with E-state index in [1.807, 2.05) is 6.92 Å². The fourth-order valence-electron chi connectivity index (χ4n) is 2.78. The molecule has 0 saturated heterocycles. The van der Waals surface area contributed by atoms with Crippen molar-refractivity contribution < 1.29 is 9.53 Å². The van der Waals surface area contributed by atoms with Crippen molar-refractivity contribution in [2.75, 3.05) is 26.2 Å². The summed E-state index contributed by atoms with van der Waals surface area (Å²) in [5, 5.41) is 0. The van der Waals surface area contributed by atoms with Crippen molar-refractivity contribution in [3.63, 3.8) is 0 Å². The van der Waals surface area contributed by atoms with Gasteiger partial charge in [-0.1, -0.05) is 31.2 Å². The maximum absolute atomic E-state index is 11.6. The van der Waals surface area contributed by atoms with Crippen molar-refractivity contribution in [3.8, 4) is 0 Å². The second-order valence-electron chi connectivity index (χ2n) is 5.14. The highest BCUT2D eigenvalue weighted by atomic mass is 16.5. The molecule has 3 nitrogen and oxygen atoms in total. The third-order valence-electron chi connectivity index (χ3n) is 3.64. The third-order valence-corrected chi connectivity index (χ3v) is 3.64. The monoisotopic (exact) mass is 261 g/mol. The van der Waals surface area contributed by atoms with Crippen molar-refractivity contribution in [2.24, 2.45) is 0 Å². The number of hydrogen-bond donors (Lipinski definition) is 0. The second kappa shape index (κ2) is 6.71. The number of ether oxygens (including phenoxy) is 1. The van der Waals surface area contributed by atoms with Crippen LogP contribution in [0.1, 0.15) is 37.3 Å². The molecule has 1 unspecified atom stereocenters. The normalized spacial score (nSPS) is 16.9. The predicted octanol–water partition coefficient (Wildman–Crippen LogP) is 2.60. The molecule has 0 saturated carbocycles. The lowest BCUT2D eigenvalue weighted by Gasteiger charge is -2.34. The van der Waals surface area contributed by atoms with Gasteiger partial charge < -0.3 is 4.74 Å². The molecular formula is C16H23NO2. The molecule has 3 heteroatoms. The van der Waals surface area contributed by atoms with Crippen LogP contribution >= 0.6 is 0 Å². The highest BCUT2D eigenvalue weighted by Crippen LogP contribution is 2.35. The lowest BCUT2D eigenvalue weighted by Crippen LogP contribution is -2.37. The van der Waals surface area contributed by atoms with E-state index in [-0.39, 0.29) is 5.97 Å². The molecule has 0 N–H and O–H groups in total. The Bertz CT molecular complexity index is 431. The van der Waals surface area contributed by atoms with Crippen LogP contribution < -0.4 is 0 Å². The van der Waals surface area contributed by atoms with Gasteiger partial charge in [0.1, 0.15) is 0 Å². The first kappa shape index (κ1) is 14.1. The Kier molecular flexibility index (Phi) is 4.97. The minimum Gasteiger partial charge on any atom is -0.465 e. The lowest BCUT2D eigenvalue weighted by molar-refractivity contribution is -0.144. The van der Waals surface area contributed by atoms with E-state index < -0.39 is 0 Å². The number of benzene rings is 1. The van der Waals surface area contributed by atoms with E-state index in [9.17, 15) is 4.79 Å². The molecule has 0 aliphatic heterocycles. The molecule has 1 aliphatic carbocycles. The smallest absolute Gasteiger partial charge is 0.320 e. The van der Waals surface area contributed by atoms with E-state index in [2.05, 4.69) is 36.1 Å². The van der Waals surface area contributed by atoms with Crippen molar-refractivity contribution >= 4 is 5.97 Å². The molecule has 0 radical (unpaired) electrons. The zero-order valence-electron chi connectivity index (χ0n) is 11.9. The van der Waals surface area contributed by atoms with Gasteiger partial charge in [-0.25, -0.2) is 0 Å². The van der Waals surface area contributed by atoms with Gasteiger partial charge >= 0.3 is 5.97 Å². The molecule has 1 aliphatic rings. The fraction of sp³-hybridized carbons (Fsp3) is 0.562. The molecule has 0 spiro atoms. The van der Waals surface area contributed by atoms with Crippen LogP contribution in [0, 0.1) is 0 Å². The summed E-state index contributed by atoms with van der Waals surface area (Å²) in [6.07, 6.45) is 2.20. The first-order chi connectivity index (χ1) is 9.24. The van der Waals surface area contributed by atoms with Gasteiger partial charge in [0.25, 0.3) is 0 Å². The van der Waals surface area contributed by atoms with Crippen molar-refractivity contribution in [1.29, 1.82) is 0 Å². The summed E-state index contributed by atoms with van der Waals surface area (Å²) in [5.74, 6) is 0.473. The zero-order chi connectivity index (χ0) is 13.7. The first-order valence-corrected chi connectivity index (χ1v) is 7.20. The molecule has 2 rings (SSSR count). The summed E-state index contributed by atoms with van der Waals surface area (Å²) in [6, 6.07) is 8.59. The van der Waals surface area contributed by atoms with Crippen LogP contribution in [0.2, 0.25) is 0 Å². The van der Waals surface area contributed by atoms with Gasteiger partial charge in [-0.05, 0) is 37.4 Å². The van der Waals surface area contributed by atoms with Gasteiger partial charge in [0.15, 0.2) is 0 Å². The number of fused-ring (bicyclic) bond motifs is 1. The standard InChI is InChI=1S/C16H23NO2/c1-3-9-17(12-16(18)19-4-2)11-14-10-13-7-5-6-8-15(13)14/h5-8,14H,3-4,9-12H2,1-2H3. The maximum atomic E-state index is 11.6. The van der Waals surface area contributed by atoms with Crippen LogP contribution in [0.3, 0.4) is 0 Å². The number of nitrogens with zero attached hydrogens (tertiary/aromatic N) is 1. The van der Waals surface area contributed by atoms with Crippen LogP contribution in [0.25, 0.3) is 0 Å². The zero-order valence-corrected chi connectivity index (χ0v) is 11.9.